The molecule has 7 heteroatoms. The number of carbonyl (C=O) groups is 1. The summed E-state index contributed by atoms with van der Waals surface area (Å²) in [5.41, 5.74) is 0.853. The highest BCUT2D eigenvalue weighted by Crippen LogP contribution is 2.30. The van der Waals surface area contributed by atoms with Gasteiger partial charge in [-0.05, 0) is 50.6 Å². The van der Waals surface area contributed by atoms with Crippen molar-refractivity contribution < 1.29 is 22.7 Å². The van der Waals surface area contributed by atoms with Gasteiger partial charge in [-0.1, -0.05) is 24.3 Å². The van der Waals surface area contributed by atoms with E-state index < -0.39 is 9.84 Å². The lowest BCUT2D eigenvalue weighted by atomic mass is 10.1. The molecule has 0 saturated carbocycles. The van der Waals surface area contributed by atoms with Crippen LogP contribution in [0.15, 0.2) is 53.4 Å². The van der Waals surface area contributed by atoms with E-state index in [2.05, 4.69) is 5.32 Å². The zero-order valence-electron chi connectivity index (χ0n) is 16.5. The molecular formula is C21H27NO5S. The average Bonchev–Trinajstić information content (AvgIpc) is 2.69. The molecule has 1 amide bonds. The van der Waals surface area contributed by atoms with E-state index in [0.29, 0.717) is 24.7 Å². The molecule has 0 fully saturated rings. The Balaban J connectivity index is 1.99. The van der Waals surface area contributed by atoms with Crippen LogP contribution < -0.4 is 14.8 Å². The molecule has 0 saturated heterocycles. The number of hydrogen-bond acceptors (Lipinski definition) is 5. The molecule has 0 spiro atoms. The Labute approximate surface area is 166 Å². The second-order valence-corrected chi connectivity index (χ2v) is 8.35. The molecule has 0 aliphatic heterocycles. The summed E-state index contributed by atoms with van der Waals surface area (Å²) in [4.78, 5) is 12.5. The fourth-order valence-corrected chi connectivity index (χ4v) is 3.97. The summed E-state index contributed by atoms with van der Waals surface area (Å²) in [7, 11) is -3.48. The largest absolute Gasteiger partial charge is 0.490 e. The summed E-state index contributed by atoms with van der Waals surface area (Å²) in [6.07, 6.45) is -0.100. The van der Waals surface area contributed by atoms with Gasteiger partial charge in [0.05, 0.1) is 29.9 Å². The van der Waals surface area contributed by atoms with Crippen molar-refractivity contribution in [3.05, 3.63) is 54.1 Å². The molecule has 0 aromatic heterocycles. The molecule has 0 heterocycles. The zero-order valence-corrected chi connectivity index (χ0v) is 17.3. The summed E-state index contributed by atoms with van der Waals surface area (Å²) in [6, 6.07) is 13.4. The van der Waals surface area contributed by atoms with Crippen molar-refractivity contribution >= 4 is 15.7 Å². The van der Waals surface area contributed by atoms with Gasteiger partial charge >= 0.3 is 0 Å². The van der Waals surface area contributed by atoms with Crippen molar-refractivity contribution in [2.24, 2.45) is 0 Å². The van der Waals surface area contributed by atoms with Crippen LogP contribution >= 0.6 is 0 Å². The second-order valence-electron chi connectivity index (χ2n) is 6.24. The van der Waals surface area contributed by atoms with Crippen LogP contribution in [0.3, 0.4) is 0 Å². The smallest absolute Gasteiger partial charge is 0.221 e. The van der Waals surface area contributed by atoms with Crippen molar-refractivity contribution in [1.29, 1.82) is 0 Å². The third-order valence-electron chi connectivity index (χ3n) is 4.15. The molecular weight excluding hydrogens is 378 g/mol. The molecule has 0 bridgehead atoms. The lowest BCUT2D eigenvalue weighted by molar-refractivity contribution is -0.121. The number of benzene rings is 2. The van der Waals surface area contributed by atoms with Gasteiger partial charge in [-0.3, -0.25) is 4.79 Å². The SMILES string of the molecule is CCOc1ccc([C@H](C)NC(=O)CCS(=O)(=O)c2ccccc2)cc1OCC. The van der Waals surface area contributed by atoms with Gasteiger partial charge in [-0.15, -0.1) is 0 Å². The maximum absolute atomic E-state index is 12.3. The summed E-state index contributed by atoms with van der Waals surface area (Å²) in [5.74, 6) is 0.720. The Morgan fingerprint density at radius 2 is 1.64 bits per heavy atom. The molecule has 2 aromatic rings. The fourth-order valence-electron chi connectivity index (χ4n) is 2.71. The van der Waals surface area contributed by atoms with E-state index in [-0.39, 0.29) is 29.0 Å². The molecule has 0 unspecified atom stereocenters. The Morgan fingerprint density at radius 1 is 1.00 bits per heavy atom. The van der Waals surface area contributed by atoms with Crippen molar-refractivity contribution in [2.45, 2.75) is 38.1 Å². The molecule has 0 aliphatic carbocycles. The van der Waals surface area contributed by atoms with Gasteiger partial charge in [-0.2, -0.15) is 0 Å². The third kappa shape index (κ3) is 5.99. The van der Waals surface area contributed by atoms with Crippen LogP contribution in [0.5, 0.6) is 11.5 Å². The Hall–Kier alpha value is -2.54. The number of rotatable bonds is 10. The number of carbonyl (C=O) groups excluding carboxylic acids is 1. The monoisotopic (exact) mass is 405 g/mol. The van der Waals surface area contributed by atoms with Gasteiger partial charge in [0.1, 0.15) is 0 Å². The van der Waals surface area contributed by atoms with Gasteiger partial charge in [0, 0.05) is 6.42 Å². The molecule has 28 heavy (non-hydrogen) atoms. The first-order valence-corrected chi connectivity index (χ1v) is 11.0. The molecule has 2 aromatic carbocycles. The second kappa shape index (κ2) is 10.1. The van der Waals surface area contributed by atoms with Gasteiger partial charge in [0.2, 0.25) is 5.91 Å². The highest BCUT2D eigenvalue weighted by molar-refractivity contribution is 7.91. The van der Waals surface area contributed by atoms with Crippen molar-refractivity contribution in [3.8, 4) is 11.5 Å². The zero-order chi connectivity index (χ0) is 20.6. The minimum Gasteiger partial charge on any atom is -0.490 e. The first-order valence-electron chi connectivity index (χ1n) is 9.34. The van der Waals surface area contributed by atoms with Crippen LogP contribution in [0.2, 0.25) is 0 Å². The maximum atomic E-state index is 12.3. The van der Waals surface area contributed by atoms with Crippen LogP contribution in [-0.2, 0) is 14.6 Å². The van der Waals surface area contributed by atoms with Crippen LogP contribution in [0.1, 0.15) is 38.8 Å². The lowest BCUT2D eigenvalue weighted by Gasteiger charge is -2.17. The molecule has 1 N–H and O–H groups in total. The number of hydrogen-bond donors (Lipinski definition) is 1. The number of amides is 1. The van der Waals surface area contributed by atoms with Crippen molar-refractivity contribution in [3.63, 3.8) is 0 Å². The molecule has 6 nitrogen and oxygen atoms in total. The minimum absolute atomic E-state index is 0.100. The van der Waals surface area contributed by atoms with Crippen molar-refractivity contribution in [1.82, 2.24) is 5.32 Å². The van der Waals surface area contributed by atoms with Crippen LogP contribution in [0.25, 0.3) is 0 Å². The van der Waals surface area contributed by atoms with E-state index in [1.165, 1.54) is 12.1 Å². The summed E-state index contributed by atoms with van der Waals surface area (Å²) in [6.45, 7) is 6.66. The topological polar surface area (TPSA) is 81.7 Å². The molecule has 0 aliphatic rings. The summed E-state index contributed by atoms with van der Waals surface area (Å²) >= 11 is 0. The standard InChI is InChI=1S/C21H27NO5S/c1-4-26-19-12-11-17(15-20(19)27-5-2)16(3)22-21(23)13-14-28(24,25)18-9-7-6-8-10-18/h6-12,15-16H,4-5,13-14H2,1-3H3,(H,22,23)/t16-/m0/s1. The first kappa shape index (κ1) is 21.8. The predicted molar refractivity (Wildman–Crippen MR) is 108 cm³/mol. The number of nitrogens with one attached hydrogen (secondary N) is 1. The number of sulfone groups is 1. The van der Waals surface area contributed by atoms with E-state index >= 15 is 0 Å². The molecule has 2 rings (SSSR count). The first-order chi connectivity index (χ1) is 13.4. The highest BCUT2D eigenvalue weighted by Gasteiger charge is 2.18. The van der Waals surface area contributed by atoms with Crippen molar-refractivity contribution in [2.75, 3.05) is 19.0 Å². The average molecular weight is 406 g/mol. The third-order valence-corrected chi connectivity index (χ3v) is 5.88. The Morgan fingerprint density at radius 3 is 2.29 bits per heavy atom. The normalized spacial score (nSPS) is 12.2. The molecule has 0 radical (unpaired) electrons. The Kier molecular flexibility index (Phi) is 7.87. The van der Waals surface area contributed by atoms with E-state index in [9.17, 15) is 13.2 Å². The van der Waals surface area contributed by atoms with E-state index in [1.54, 1.807) is 18.2 Å². The van der Waals surface area contributed by atoms with Gasteiger partial charge in [0.15, 0.2) is 21.3 Å². The fraction of sp³-hybridized carbons (Fsp3) is 0.381. The number of ether oxygens (including phenoxy) is 2. The van der Waals surface area contributed by atoms with Gasteiger partial charge in [0.25, 0.3) is 0 Å². The lowest BCUT2D eigenvalue weighted by Crippen LogP contribution is -2.28. The van der Waals surface area contributed by atoms with E-state index in [1.807, 2.05) is 39.0 Å². The minimum atomic E-state index is -3.48. The maximum Gasteiger partial charge on any atom is 0.221 e. The van der Waals surface area contributed by atoms with E-state index in [0.717, 1.165) is 5.56 Å². The van der Waals surface area contributed by atoms with Crippen LogP contribution in [-0.4, -0.2) is 33.3 Å². The Bertz CT molecular complexity index is 881. The highest BCUT2D eigenvalue weighted by atomic mass is 32.2. The summed E-state index contributed by atoms with van der Waals surface area (Å²) in [5, 5.41) is 2.84. The van der Waals surface area contributed by atoms with Gasteiger partial charge < -0.3 is 14.8 Å². The van der Waals surface area contributed by atoms with E-state index in [4.69, 9.17) is 9.47 Å². The van der Waals surface area contributed by atoms with Crippen LogP contribution in [0, 0.1) is 0 Å². The summed E-state index contributed by atoms with van der Waals surface area (Å²) < 4.78 is 35.7. The van der Waals surface area contributed by atoms with Crippen LogP contribution in [0.4, 0.5) is 0 Å². The quantitative estimate of drug-likeness (QED) is 0.654. The molecule has 1 atom stereocenters. The predicted octanol–water partition coefficient (Wildman–Crippen LogP) is 3.53. The molecule has 152 valence electrons. The van der Waals surface area contributed by atoms with Gasteiger partial charge in [-0.25, -0.2) is 8.42 Å².